The second-order valence-electron chi connectivity index (χ2n) is 6.31. The van der Waals surface area contributed by atoms with Crippen LogP contribution in [0.4, 0.5) is 0 Å². The third-order valence-corrected chi connectivity index (χ3v) is 5.35. The molecule has 0 aliphatic carbocycles. The van der Waals surface area contributed by atoms with Gasteiger partial charge in [-0.05, 0) is 55.5 Å². The number of oxazole rings is 1. The zero-order valence-corrected chi connectivity index (χ0v) is 15.4. The molecule has 0 radical (unpaired) electrons. The van der Waals surface area contributed by atoms with E-state index in [0.717, 1.165) is 42.3 Å². The van der Waals surface area contributed by atoms with Crippen LogP contribution in [0.5, 0.6) is 5.75 Å². The van der Waals surface area contributed by atoms with Crippen LogP contribution < -0.4 is 4.74 Å². The van der Waals surface area contributed by atoms with Gasteiger partial charge in [-0.3, -0.25) is 4.79 Å². The zero-order chi connectivity index (χ0) is 17.9. The van der Waals surface area contributed by atoms with E-state index >= 15 is 0 Å². The molecule has 0 saturated carbocycles. The molecule has 0 unspecified atom stereocenters. The Labute approximate surface area is 156 Å². The van der Waals surface area contributed by atoms with Gasteiger partial charge >= 0.3 is 0 Å². The molecule has 5 nitrogen and oxygen atoms in total. The van der Waals surface area contributed by atoms with Crippen LogP contribution in [0.3, 0.4) is 0 Å². The van der Waals surface area contributed by atoms with Gasteiger partial charge in [-0.15, -0.1) is 11.3 Å². The molecule has 6 heteroatoms. The maximum atomic E-state index is 12.4. The number of amides is 1. The van der Waals surface area contributed by atoms with E-state index in [9.17, 15) is 4.79 Å². The number of nitrogens with zero attached hydrogens (tertiary/aromatic N) is 2. The lowest BCUT2D eigenvalue weighted by Gasteiger charge is -2.15. The summed E-state index contributed by atoms with van der Waals surface area (Å²) in [6, 6.07) is 11.3. The van der Waals surface area contributed by atoms with Crippen molar-refractivity contribution in [3.05, 3.63) is 58.8 Å². The Morgan fingerprint density at radius 3 is 2.69 bits per heavy atom. The van der Waals surface area contributed by atoms with Crippen molar-refractivity contribution < 1.29 is 13.9 Å². The van der Waals surface area contributed by atoms with Gasteiger partial charge in [0.15, 0.2) is 0 Å². The van der Waals surface area contributed by atoms with Crippen LogP contribution in [-0.4, -0.2) is 28.9 Å². The predicted molar refractivity (Wildman–Crippen MR) is 100 cm³/mol. The Bertz CT molecular complexity index is 878. The lowest BCUT2D eigenvalue weighted by Crippen LogP contribution is -2.27. The Hall–Kier alpha value is -2.60. The first-order valence-corrected chi connectivity index (χ1v) is 9.61. The maximum absolute atomic E-state index is 12.4. The minimum Gasteiger partial charge on any atom is -0.487 e. The summed E-state index contributed by atoms with van der Waals surface area (Å²) in [5.74, 6) is 2.20. The molecule has 26 heavy (non-hydrogen) atoms. The minimum atomic E-state index is 0.0991. The number of carbonyl (C=O) groups excluding carboxylic acids is 1. The normalized spacial score (nSPS) is 14.0. The second kappa shape index (κ2) is 7.33. The molecule has 1 aliphatic heterocycles. The Kier molecular flexibility index (Phi) is 4.75. The van der Waals surface area contributed by atoms with Crippen LogP contribution in [0, 0.1) is 6.92 Å². The number of rotatable bonds is 5. The number of carbonyl (C=O) groups is 1. The van der Waals surface area contributed by atoms with Gasteiger partial charge < -0.3 is 14.1 Å². The van der Waals surface area contributed by atoms with Crippen molar-refractivity contribution in [1.82, 2.24) is 9.88 Å². The first kappa shape index (κ1) is 16.8. The standard InChI is InChI=1S/C20H20N2O3S/c1-14-17(21-19(25-14)18-5-4-12-26-18)13-24-16-8-6-15(7-9-16)20(23)22-10-2-3-11-22/h4-9,12H,2-3,10-11,13H2,1H3. The number of hydrogen-bond acceptors (Lipinski definition) is 5. The van der Waals surface area contributed by atoms with Crippen LogP contribution in [0.25, 0.3) is 10.8 Å². The SMILES string of the molecule is Cc1oc(-c2cccs2)nc1COc1ccc(C(=O)N2CCCC2)cc1. The van der Waals surface area contributed by atoms with Crippen LogP contribution in [0.1, 0.15) is 34.7 Å². The van der Waals surface area contributed by atoms with E-state index in [4.69, 9.17) is 9.15 Å². The van der Waals surface area contributed by atoms with Gasteiger partial charge in [-0.25, -0.2) is 4.98 Å². The molecule has 0 spiro atoms. The summed E-state index contributed by atoms with van der Waals surface area (Å²) >= 11 is 1.59. The molecular formula is C20H20N2O3S. The zero-order valence-electron chi connectivity index (χ0n) is 14.6. The number of aromatic nitrogens is 1. The fourth-order valence-electron chi connectivity index (χ4n) is 3.02. The number of likely N-dealkylation sites (tertiary alicyclic amines) is 1. The Morgan fingerprint density at radius 1 is 1.23 bits per heavy atom. The van der Waals surface area contributed by atoms with Crippen LogP contribution in [-0.2, 0) is 6.61 Å². The lowest BCUT2D eigenvalue weighted by atomic mass is 10.2. The van der Waals surface area contributed by atoms with E-state index < -0.39 is 0 Å². The topological polar surface area (TPSA) is 55.6 Å². The molecule has 4 rings (SSSR count). The summed E-state index contributed by atoms with van der Waals surface area (Å²) in [6.07, 6.45) is 2.19. The summed E-state index contributed by atoms with van der Waals surface area (Å²) in [6.45, 7) is 3.94. The number of ether oxygens (including phenoxy) is 1. The first-order valence-electron chi connectivity index (χ1n) is 8.73. The third kappa shape index (κ3) is 3.51. The molecule has 3 aromatic rings. The molecule has 1 amide bonds. The summed E-state index contributed by atoms with van der Waals surface area (Å²) in [4.78, 5) is 19.8. The molecule has 134 valence electrons. The van der Waals surface area contributed by atoms with Crippen molar-refractivity contribution in [3.8, 4) is 16.5 Å². The third-order valence-electron chi connectivity index (χ3n) is 4.49. The van der Waals surface area contributed by atoms with Gasteiger partial charge in [-0.1, -0.05) is 6.07 Å². The Balaban J connectivity index is 1.40. The lowest BCUT2D eigenvalue weighted by molar-refractivity contribution is 0.0793. The van der Waals surface area contributed by atoms with Gasteiger partial charge in [0.1, 0.15) is 23.8 Å². The monoisotopic (exact) mass is 368 g/mol. The highest BCUT2D eigenvalue weighted by Crippen LogP contribution is 2.26. The molecule has 1 aliphatic rings. The van der Waals surface area contributed by atoms with E-state index in [1.54, 1.807) is 11.3 Å². The van der Waals surface area contributed by atoms with E-state index in [1.165, 1.54) is 0 Å². The molecule has 1 aromatic carbocycles. The molecule has 1 fully saturated rings. The summed E-state index contributed by atoms with van der Waals surface area (Å²) in [5.41, 5.74) is 1.49. The van der Waals surface area contributed by atoms with Gasteiger partial charge in [0, 0.05) is 18.7 Å². The first-order chi connectivity index (χ1) is 12.7. The molecule has 2 aromatic heterocycles. The van der Waals surface area contributed by atoms with Crippen LogP contribution in [0.2, 0.25) is 0 Å². The molecule has 1 saturated heterocycles. The largest absolute Gasteiger partial charge is 0.487 e. The van der Waals surface area contributed by atoms with Crippen molar-refractivity contribution >= 4 is 17.2 Å². The van der Waals surface area contributed by atoms with E-state index in [1.807, 2.05) is 53.6 Å². The van der Waals surface area contributed by atoms with Crippen molar-refractivity contribution in [3.63, 3.8) is 0 Å². The quantitative estimate of drug-likeness (QED) is 0.664. The summed E-state index contributed by atoms with van der Waals surface area (Å²) in [7, 11) is 0. The molecular weight excluding hydrogens is 348 g/mol. The van der Waals surface area contributed by atoms with Gasteiger partial charge in [0.2, 0.25) is 5.89 Å². The van der Waals surface area contributed by atoms with Crippen LogP contribution >= 0.6 is 11.3 Å². The van der Waals surface area contributed by atoms with E-state index in [2.05, 4.69) is 4.98 Å². The fraction of sp³-hybridized carbons (Fsp3) is 0.300. The highest BCUT2D eigenvalue weighted by atomic mass is 32.1. The molecule has 0 N–H and O–H groups in total. The van der Waals surface area contributed by atoms with Crippen molar-refractivity contribution in [2.75, 3.05) is 13.1 Å². The van der Waals surface area contributed by atoms with Gasteiger partial charge in [-0.2, -0.15) is 0 Å². The minimum absolute atomic E-state index is 0.0991. The van der Waals surface area contributed by atoms with E-state index in [0.29, 0.717) is 23.8 Å². The highest BCUT2D eigenvalue weighted by molar-refractivity contribution is 7.13. The Morgan fingerprint density at radius 2 is 2.00 bits per heavy atom. The van der Waals surface area contributed by atoms with Crippen molar-refractivity contribution in [2.45, 2.75) is 26.4 Å². The molecule has 0 bridgehead atoms. The second-order valence-corrected chi connectivity index (χ2v) is 7.26. The van der Waals surface area contributed by atoms with Gasteiger partial charge in [0.25, 0.3) is 5.91 Å². The van der Waals surface area contributed by atoms with Crippen LogP contribution in [0.15, 0.2) is 46.2 Å². The highest BCUT2D eigenvalue weighted by Gasteiger charge is 2.19. The van der Waals surface area contributed by atoms with Crippen molar-refractivity contribution in [2.24, 2.45) is 0 Å². The van der Waals surface area contributed by atoms with Gasteiger partial charge in [0.05, 0.1) is 4.88 Å². The van der Waals surface area contributed by atoms with Crippen molar-refractivity contribution in [1.29, 1.82) is 0 Å². The smallest absolute Gasteiger partial charge is 0.253 e. The molecule has 0 atom stereocenters. The predicted octanol–water partition coefficient (Wildman–Crippen LogP) is 4.53. The summed E-state index contributed by atoms with van der Waals surface area (Å²) < 4.78 is 11.5. The number of hydrogen-bond donors (Lipinski definition) is 0. The average Bonchev–Trinajstić information content (AvgIpc) is 3.41. The van der Waals surface area contributed by atoms with E-state index in [-0.39, 0.29) is 5.91 Å². The maximum Gasteiger partial charge on any atom is 0.253 e. The summed E-state index contributed by atoms with van der Waals surface area (Å²) in [5, 5.41) is 2.00. The number of thiophene rings is 1. The average molecular weight is 368 g/mol. The number of benzene rings is 1. The molecule has 3 heterocycles. The fourth-order valence-corrected chi connectivity index (χ4v) is 3.66. The number of aryl methyl sites for hydroxylation is 1.